The van der Waals surface area contributed by atoms with E-state index in [2.05, 4.69) is 0 Å². The van der Waals surface area contributed by atoms with Gasteiger partial charge in [-0.25, -0.2) is 8.78 Å². The third kappa shape index (κ3) is 1.67. The molecule has 1 aromatic rings. The van der Waals surface area contributed by atoms with Crippen LogP contribution in [0.15, 0.2) is 12.1 Å². The molecule has 2 N–H and O–H groups in total. The van der Waals surface area contributed by atoms with E-state index in [0.29, 0.717) is 13.0 Å². The summed E-state index contributed by atoms with van der Waals surface area (Å²) in [6.07, 6.45) is 0.521. The van der Waals surface area contributed by atoms with Crippen LogP contribution in [-0.2, 0) is 0 Å². The highest BCUT2D eigenvalue weighted by atomic mass is 35.5. The molecular weight excluding hydrogens is 212 g/mol. The fraction of sp³-hybridized carbons (Fsp3) is 0.333. The van der Waals surface area contributed by atoms with Crippen molar-refractivity contribution in [2.75, 3.05) is 6.61 Å². The van der Waals surface area contributed by atoms with Gasteiger partial charge in [-0.15, -0.1) is 12.4 Å². The fourth-order valence-electron chi connectivity index (χ4n) is 1.47. The Morgan fingerprint density at radius 2 is 1.93 bits per heavy atom. The Bertz CT molecular complexity index is 346. The normalized spacial score (nSPS) is 19.2. The van der Waals surface area contributed by atoms with E-state index >= 15 is 0 Å². The second kappa shape index (κ2) is 4.11. The second-order valence-corrected chi connectivity index (χ2v) is 3.02. The molecule has 0 aliphatic carbocycles. The maximum absolute atomic E-state index is 13.2. The van der Waals surface area contributed by atoms with Gasteiger partial charge in [0, 0.05) is 18.0 Å². The summed E-state index contributed by atoms with van der Waals surface area (Å²) >= 11 is 0. The molecule has 1 atom stereocenters. The Hall–Kier alpha value is -0.870. The third-order valence-electron chi connectivity index (χ3n) is 2.14. The van der Waals surface area contributed by atoms with Crippen molar-refractivity contribution in [1.82, 2.24) is 0 Å². The number of benzene rings is 1. The Labute approximate surface area is 86.5 Å². The Morgan fingerprint density at radius 3 is 2.57 bits per heavy atom. The van der Waals surface area contributed by atoms with Gasteiger partial charge in [-0.2, -0.15) is 0 Å². The average molecular weight is 222 g/mol. The van der Waals surface area contributed by atoms with Gasteiger partial charge < -0.3 is 10.5 Å². The van der Waals surface area contributed by atoms with Gasteiger partial charge in [0.2, 0.25) is 0 Å². The summed E-state index contributed by atoms with van der Waals surface area (Å²) in [4.78, 5) is 0. The van der Waals surface area contributed by atoms with Gasteiger partial charge in [0.05, 0.1) is 6.61 Å². The molecule has 1 aromatic carbocycles. The van der Waals surface area contributed by atoms with Crippen molar-refractivity contribution in [1.29, 1.82) is 0 Å². The van der Waals surface area contributed by atoms with Crippen LogP contribution in [0.3, 0.4) is 0 Å². The van der Waals surface area contributed by atoms with E-state index in [0.717, 1.165) is 12.1 Å². The molecule has 0 spiro atoms. The van der Waals surface area contributed by atoms with Crippen LogP contribution in [0.5, 0.6) is 5.75 Å². The molecule has 0 saturated carbocycles. The highest BCUT2D eigenvalue weighted by molar-refractivity contribution is 5.85. The first kappa shape index (κ1) is 11.2. The van der Waals surface area contributed by atoms with Crippen molar-refractivity contribution in [3.05, 3.63) is 29.3 Å². The van der Waals surface area contributed by atoms with Crippen LogP contribution in [0.4, 0.5) is 8.78 Å². The van der Waals surface area contributed by atoms with Gasteiger partial charge in [-0.05, 0) is 12.1 Å². The lowest BCUT2D eigenvalue weighted by Gasteiger charge is -2.23. The predicted octanol–water partition coefficient (Wildman–Crippen LogP) is 2.17. The Morgan fingerprint density at radius 1 is 1.29 bits per heavy atom. The molecule has 0 bridgehead atoms. The van der Waals surface area contributed by atoms with Crippen LogP contribution in [-0.4, -0.2) is 6.61 Å². The average Bonchev–Trinajstić information content (AvgIpc) is 2.12. The van der Waals surface area contributed by atoms with Gasteiger partial charge in [-0.1, -0.05) is 0 Å². The first-order valence-electron chi connectivity index (χ1n) is 4.06. The standard InChI is InChI=1S/C9H9F2NO.ClH/c10-5-1-2-6(11)9-8(5)7(12)3-4-13-9;/h1-2,7H,3-4,12H2;1H/t7-;/m0./s1. The van der Waals surface area contributed by atoms with E-state index in [1.54, 1.807) is 0 Å². The maximum atomic E-state index is 13.2. The number of nitrogens with two attached hydrogens (primary N) is 1. The molecule has 78 valence electrons. The van der Waals surface area contributed by atoms with Gasteiger partial charge in [-0.3, -0.25) is 0 Å². The van der Waals surface area contributed by atoms with E-state index in [1.807, 2.05) is 0 Å². The molecule has 0 saturated heterocycles. The third-order valence-corrected chi connectivity index (χ3v) is 2.14. The summed E-state index contributed by atoms with van der Waals surface area (Å²) in [6.45, 7) is 0.342. The quantitative estimate of drug-likeness (QED) is 0.729. The van der Waals surface area contributed by atoms with Crippen LogP contribution in [0.25, 0.3) is 0 Å². The molecule has 14 heavy (non-hydrogen) atoms. The van der Waals surface area contributed by atoms with E-state index in [9.17, 15) is 8.78 Å². The Balaban J connectivity index is 0.000000980. The van der Waals surface area contributed by atoms with Crippen molar-refractivity contribution < 1.29 is 13.5 Å². The number of fused-ring (bicyclic) bond motifs is 1. The molecule has 1 aliphatic heterocycles. The van der Waals surface area contributed by atoms with Gasteiger partial charge in [0.15, 0.2) is 11.6 Å². The highest BCUT2D eigenvalue weighted by Gasteiger charge is 2.24. The molecular formula is C9H10ClF2NO. The summed E-state index contributed by atoms with van der Waals surface area (Å²) in [5.41, 5.74) is 5.79. The van der Waals surface area contributed by atoms with Gasteiger partial charge >= 0.3 is 0 Å². The topological polar surface area (TPSA) is 35.2 Å². The predicted molar refractivity (Wildman–Crippen MR) is 50.6 cm³/mol. The first-order chi connectivity index (χ1) is 6.20. The van der Waals surface area contributed by atoms with E-state index in [-0.39, 0.29) is 23.7 Å². The molecule has 1 aliphatic rings. The smallest absolute Gasteiger partial charge is 0.165 e. The minimum absolute atomic E-state index is 0. The minimum atomic E-state index is -0.549. The first-order valence-corrected chi connectivity index (χ1v) is 4.06. The zero-order chi connectivity index (χ0) is 9.42. The molecule has 2 rings (SSSR count). The van der Waals surface area contributed by atoms with Crippen LogP contribution in [0.1, 0.15) is 18.0 Å². The number of ether oxygens (including phenoxy) is 1. The summed E-state index contributed by atoms with van der Waals surface area (Å²) in [6, 6.07) is 1.66. The largest absolute Gasteiger partial charge is 0.490 e. The van der Waals surface area contributed by atoms with Crippen molar-refractivity contribution in [3.8, 4) is 5.75 Å². The number of halogens is 3. The van der Waals surface area contributed by atoms with Crippen molar-refractivity contribution in [2.45, 2.75) is 12.5 Å². The molecule has 1 heterocycles. The van der Waals surface area contributed by atoms with E-state index < -0.39 is 17.7 Å². The van der Waals surface area contributed by atoms with Crippen molar-refractivity contribution in [3.63, 3.8) is 0 Å². The summed E-state index contributed by atoms with van der Waals surface area (Å²) in [5.74, 6) is -1.08. The molecule has 0 radical (unpaired) electrons. The molecule has 0 fully saturated rings. The van der Waals surface area contributed by atoms with Crippen LogP contribution in [0, 0.1) is 11.6 Å². The molecule has 0 aromatic heterocycles. The van der Waals surface area contributed by atoms with Crippen LogP contribution >= 0.6 is 12.4 Å². The monoisotopic (exact) mass is 221 g/mol. The molecule has 0 amide bonds. The van der Waals surface area contributed by atoms with Crippen molar-refractivity contribution >= 4 is 12.4 Å². The zero-order valence-electron chi connectivity index (χ0n) is 7.30. The van der Waals surface area contributed by atoms with E-state index in [1.165, 1.54) is 0 Å². The van der Waals surface area contributed by atoms with E-state index in [4.69, 9.17) is 10.5 Å². The number of hydrogen-bond donors (Lipinski definition) is 1. The van der Waals surface area contributed by atoms with Gasteiger partial charge in [0.1, 0.15) is 5.82 Å². The summed E-state index contributed by atoms with van der Waals surface area (Å²) in [5, 5.41) is 0. The lowest BCUT2D eigenvalue weighted by atomic mass is 10.0. The molecule has 2 nitrogen and oxygen atoms in total. The van der Waals surface area contributed by atoms with Crippen LogP contribution < -0.4 is 10.5 Å². The lowest BCUT2D eigenvalue weighted by Crippen LogP contribution is -2.22. The molecule has 0 unspecified atom stereocenters. The summed E-state index contributed by atoms with van der Waals surface area (Å²) < 4.78 is 31.3. The lowest BCUT2D eigenvalue weighted by molar-refractivity contribution is 0.250. The number of rotatable bonds is 0. The highest BCUT2D eigenvalue weighted by Crippen LogP contribution is 2.34. The fourth-order valence-corrected chi connectivity index (χ4v) is 1.47. The Kier molecular flexibility index (Phi) is 3.29. The summed E-state index contributed by atoms with van der Waals surface area (Å²) in [7, 11) is 0. The minimum Gasteiger partial charge on any atom is -0.490 e. The SMILES string of the molecule is Cl.N[C@H]1CCOc2c(F)ccc(F)c21. The maximum Gasteiger partial charge on any atom is 0.165 e. The van der Waals surface area contributed by atoms with Crippen molar-refractivity contribution in [2.24, 2.45) is 5.73 Å². The molecule has 5 heteroatoms. The zero-order valence-corrected chi connectivity index (χ0v) is 8.11. The van der Waals surface area contributed by atoms with Crippen LogP contribution in [0.2, 0.25) is 0 Å². The van der Waals surface area contributed by atoms with Gasteiger partial charge in [0.25, 0.3) is 0 Å². The second-order valence-electron chi connectivity index (χ2n) is 3.02. The number of hydrogen-bond acceptors (Lipinski definition) is 2.